The van der Waals surface area contributed by atoms with Crippen LogP contribution >= 0.6 is 0 Å². The average Bonchev–Trinajstić information content (AvgIpc) is 3.02. The van der Waals surface area contributed by atoms with E-state index in [4.69, 9.17) is 4.74 Å². The monoisotopic (exact) mass is 316 g/mol. The number of hydrogen-bond donors (Lipinski definition) is 2. The van der Waals surface area contributed by atoms with Crippen molar-refractivity contribution < 1.29 is 9.53 Å². The predicted octanol–water partition coefficient (Wildman–Crippen LogP) is 1.26. The van der Waals surface area contributed by atoms with Crippen molar-refractivity contribution in [3.05, 3.63) is 51.7 Å². The molecule has 0 spiro atoms. The molecule has 0 radical (unpaired) electrons. The second-order valence-electron chi connectivity index (χ2n) is 5.78. The zero-order valence-electron chi connectivity index (χ0n) is 13.0. The third kappa shape index (κ3) is 3.50. The zero-order valence-corrected chi connectivity index (χ0v) is 13.0. The van der Waals surface area contributed by atoms with E-state index in [1.165, 1.54) is 0 Å². The van der Waals surface area contributed by atoms with E-state index in [0.29, 0.717) is 24.5 Å². The molecule has 1 saturated heterocycles. The van der Waals surface area contributed by atoms with E-state index in [-0.39, 0.29) is 17.5 Å². The number of nitrogens with one attached hydrogen (secondary N) is 2. The minimum Gasteiger partial charge on any atom is -0.380 e. The molecule has 1 fully saturated rings. The first-order valence-corrected chi connectivity index (χ1v) is 7.69. The molecule has 1 amide bonds. The highest BCUT2D eigenvalue weighted by Gasteiger charge is 2.27. The molecule has 1 aromatic heterocycles. The number of carbonyl (C=O) groups is 1. The molecule has 0 bridgehead atoms. The number of amides is 1. The summed E-state index contributed by atoms with van der Waals surface area (Å²) in [5.74, 6) is 0.707. The minimum absolute atomic E-state index is 0.0107. The van der Waals surface area contributed by atoms with E-state index in [2.05, 4.69) is 15.2 Å². The molecule has 1 aliphatic heterocycles. The van der Waals surface area contributed by atoms with Gasteiger partial charge in [0, 0.05) is 31.7 Å². The fraction of sp³-hybridized carbons (Fsp3) is 0.438. The summed E-state index contributed by atoms with van der Waals surface area (Å²) in [5.41, 5.74) is 1.40. The molecule has 0 aliphatic carbocycles. The third-order valence-electron chi connectivity index (χ3n) is 4.13. The standard InChI is InChI=1S/C16H20N4O3/c1-23-10-11-4-6-12(7-5-11)15(21)20-8-2-3-13(9-20)14-17-16(22)19-18-14/h4-7,13H,2-3,8-10H2,1H3,(H2,17,18,19,22). The van der Waals surface area contributed by atoms with Gasteiger partial charge in [-0.3, -0.25) is 9.78 Å². The molecule has 7 nitrogen and oxygen atoms in total. The third-order valence-corrected chi connectivity index (χ3v) is 4.13. The van der Waals surface area contributed by atoms with Crippen LogP contribution in [0.3, 0.4) is 0 Å². The van der Waals surface area contributed by atoms with Gasteiger partial charge in [0.15, 0.2) is 0 Å². The number of likely N-dealkylation sites (tertiary alicyclic amines) is 1. The first-order valence-electron chi connectivity index (χ1n) is 7.69. The average molecular weight is 316 g/mol. The molecule has 122 valence electrons. The molecular weight excluding hydrogens is 296 g/mol. The van der Waals surface area contributed by atoms with Gasteiger partial charge in [0.1, 0.15) is 5.82 Å². The summed E-state index contributed by atoms with van der Waals surface area (Å²) in [6.07, 6.45) is 1.81. The quantitative estimate of drug-likeness (QED) is 0.888. The number of nitrogens with zero attached hydrogens (tertiary/aromatic N) is 2. The number of piperidine rings is 1. The topological polar surface area (TPSA) is 91.1 Å². The van der Waals surface area contributed by atoms with Crippen molar-refractivity contribution in [1.82, 2.24) is 20.1 Å². The van der Waals surface area contributed by atoms with Gasteiger partial charge in [0.2, 0.25) is 0 Å². The van der Waals surface area contributed by atoms with Gasteiger partial charge in [-0.05, 0) is 30.5 Å². The Labute approximate surface area is 133 Å². The van der Waals surface area contributed by atoms with Crippen molar-refractivity contribution in [3.63, 3.8) is 0 Å². The van der Waals surface area contributed by atoms with Crippen molar-refractivity contribution in [2.24, 2.45) is 0 Å². The highest BCUT2D eigenvalue weighted by molar-refractivity contribution is 5.94. The zero-order chi connectivity index (χ0) is 16.2. The van der Waals surface area contributed by atoms with Gasteiger partial charge < -0.3 is 9.64 Å². The first-order chi connectivity index (χ1) is 11.2. The summed E-state index contributed by atoms with van der Waals surface area (Å²) in [6, 6.07) is 7.47. The Bertz CT molecular complexity index is 719. The van der Waals surface area contributed by atoms with Crippen molar-refractivity contribution in [2.75, 3.05) is 20.2 Å². The smallest absolute Gasteiger partial charge is 0.340 e. The lowest BCUT2D eigenvalue weighted by atomic mass is 9.96. The van der Waals surface area contributed by atoms with Gasteiger partial charge in [-0.15, -0.1) is 0 Å². The van der Waals surface area contributed by atoms with Crippen LogP contribution in [0.4, 0.5) is 0 Å². The molecule has 23 heavy (non-hydrogen) atoms. The second kappa shape index (κ2) is 6.78. The Balaban J connectivity index is 1.70. The number of hydrogen-bond acceptors (Lipinski definition) is 4. The first kappa shape index (κ1) is 15.5. The molecule has 2 aromatic rings. The molecular formula is C16H20N4O3. The number of aromatic nitrogens is 3. The van der Waals surface area contributed by atoms with Gasteiger partial charge in [-0.25, -0.2) is 9.89 Å². The van der Waals surface area contributed by atoms with Crippen LogP contribution in [0.1, 0.15) is 40.5 Å². The Morgan fingerprint density at radius 1 is 1.39 bits per heavy atom. The summed E-state index contributed by atoms with van der Waals surface area (Å²) < 4.78 is 5.08. The summed E-state index contributed by atoms with van der Waals surface area (Å²) in [7, 11) is 1.65. The predicted molar refractivity (Wildman–Crippen MR) is 84.2 cm³/mol. The second-order valence-corrected chi connectivity index (χ2v) is 5.78. The van der Waals surface area contributed by atoms with Crippen LogP contribution in [-0.2, 0) is 11.3 Å². The summed E-state index contributed by atoms with van der Waals surface area (Å²) in [5, 5.41) is 6.38. The minimum atomic E-state index is -0.308. The van der Waals surface area contributed by atoms with Crippen molar-refractivity contribution in [2.45, 2.75) is 25.4 Å². The Kier molecular flexibility index (Phi) is 4.57. The van der Waals surface area contributed by atoms with E-state index in [1.807, 2.05) is 29.2 Å². The Morgan fingerprint density at radius 3 is 2.83 bits per heavy atom. The fourth-order valence-corrected chi connectivity index (χ4v) is 2.95. The lowest BCUT2D eigenvalue weighted by Gasteiger charge is -2.31. The lowest BCUT2D eigenvalue weighted by molar-refractivity contribution is 0.0704. The fourth-order valence-electron chi connectivity index (χ4n) is 2.95. The molecule has 2 heterocycles. The Hall–Kier alpha value is -2.41. The van der Waals surface area contributed by atoms with Crippen LogP contribution in [0.5, 0.6) is 0 Å². The van der Waals surface area contributed by atoms with Crippen LogP contribution in [0.2, 0.25) is 0 Å². The van der Waals surface area contributed by atoms with Crippen LogP contribution in [0, 0.1) is 0 Å². The summed E-state index contributed by atoms with van der Waals surface area (Å²) in [6.45, 7) is 1.83. The normalized spacial score (nSPS) is 18.1. The molecule has 1 atom stereocenters. The number of methoxy groups -OCH3 is 1. The maximum absolute atomic E-state index is 12.6. The maximum atomic E-state index is 12.6. The van der Waals surface area contributed by atoms with E-state index >= 15 is 0 Å². The van der Waals surface area contributed by atoms with E-state index in [9.17, 15) is 9.59 Å². The van der Waals surface area contributed by atoms with Gasteiger partial charge in [0.05, 0.1) is 6.61 Å². The van der Waals surface area contributed by atoms with Crippen molar-refractivity contribution >= 4 is 5.91 Å². The molecule has 1 aliphatic rings. The molecule has 3 rings (SSSR count). The summed E-state index contributed by atoms with van der Waals surface area (Å²) >= 11 is 0. The maximum Gasteiger partial charge on any atom is 0.340 e. The number of ether oxygens (including phenoxy) is 1. The van der Waals surface area contributed by atoms with Crippen LogP contribution in [-0.4, -0.2) is 46.2 Å². The highest BCUT2D eigenvalue weighted by Crippen LogP contribution is 2.24. The van der Waals surface area contributed by atoms with Gasteiger partial charge in [-0.2, -0.15) is 5.10 Å². The molecule has 2 N–H and O–H groups in total. The van der Waals surface area contributed by atoms with Crippen molar-refractivity contribution in [3.8, 4) is 0 Å². The lowest BCUT2D eigenvalue weighted by Crippen LogP contribution is -2.39. The van der Waals surface area contributed by atoms with Crippen molar-refractivity contribution in [1.29, 1.82) is 0 Å². The number of benzene rings is 1. The molecule has 0 saturated carbocycles. The van der Waals surface area contributed by atoms with Gasteiger partial charge in [0.25, 0.3) is 5.91 Å². The van der Waals surface area contributed by atoms with Crippen LogP contribution in [0.25, 0.3) is 0 Å². The number of rotatable bonds is 4. The van der Waals surface area contributed by atoms with E-state index < -0.39 is 0 Å². The molecule has 1 unspecified atom stereocenters. The number of carbonyl (C=O) groups excluding carboxylic acids is 1. The molecule has 1 aromatic carbocycles. The SMILES string of the molecule is COCc1ccc(C(=O)N2CCCC(c3n[nH]c(=O)[nH]3)C2)cc1. The number of H-pyrrole nitrogens is 2. The van der Waals surface area contributed by atoms with Crippen LogP contribution in [0.15, 0.2) is 29.1 Å². The van der Waals surface area contributed by atoms with E-state index in [0.717, 1.165) is 24.9 Å². The molecule has 7 heteroatoms. The van der Waals surface area contributed by atoms with Gasteiger partial charge in [-0.1, -0.05) is 12.1 Å². The Morgan fingerprint density at radius 2 is 2.17 bits per heavy atom. The van der Waals surface area contributed by atoms with Crippen LogP contribution < -0.4 is 5.69 Å². The van der Waals surface area contributed by atoms with E-state index in [1.54, 1.807) is 7.11 Å². The highest BCUT2D eigenvalue weighted by atomic mass is 16.5. The number of aromatic amines is 2. The summed E-state index contributed by atoms with van der Waals surface area (Å²) in [4.78, 5) is 28.4. The van der Waals surface area contributed by atoms with Gasteiger partial charge >= 0.3 is 5.69 Å². The largest absolute Gasteiger partial charge is 0.380 e.